The fourth-order valence-electron chi connectivity index (χ4n) is 4.96. The van der Waals surface area contributed by atoms with Crippen LogP contribution in [0.5, 0.6) is 0 Å². The van der Waals surface area contributed by atoms with Crippen molar-refractivity contribution in [2.45, 2.75) is 50.4 Å². The summed E-state index contributed by atoms with van der Waals surface area (Å²) in [5.74, 6) is -4.45. The van der Waals surface area contributed by atoms with Gasteiger partial charge in [-0.15, -0.1) is 0 Å². The summed E-state index contributed by atoms with van der Waals surface area (Å²) < 4.78 is 93.7. The van der Waals surface area contributed by atoms with Crippen molar-refractivity contribution in [1.29, 1.82) is 0 Å². The lowest BCUT2D eigenvalue weighted by Gasteiger charge is -2.47. The first-order valence-electron chi connectivity index (χ1n) is 11.5. The van der Waals surface area contributed by atoms with Gasteiger partial charge in [0.15, 0.2) is 0 Å². The van der Waals surface area contributed by atoms with Crippen LogP contribution in [0, 0.1) is 0 Å². The summed E-state index contributed by atoms with van der Waals surface area (Å²) in [6.07, 6.45) is -4.32. The van der Waals surface area contributed by atoms with Crippen LogP contribution in [-0.4, -0.2) is 61.3 Å². The Kier molecular flexibility index (Phi) is 6.35. The molecule has 1 atom stereocenters. The van der Waals surface area contributed by atoms with E-state index in [4.69, 9.17) is 0 Å². The molecule has 1 N–H and O–H groups in total. The summed E-state index contributed by atoms with van der Waals surface area (Å²) in [4.78, 5) is 2.13. The average Bonchev–Trinajstić information content (AvgIpc) is 2.76. The van der Waals surface area contributed by atoms with Crippen LogP contribution in [0.25, 0.3) is 11.1 Å². The number of fused-ring (bicyclic) bond motifs is 1. The van der Waals surface area contributed by atoms with Gasteiger partial charge in [0.1, 0.15) is 0 Å². The van der Waals surface area contributed by atoms with E-state index in [-0.39, 0.29) is 0 Å². The molecule has 11 heteroatoms. The first-order valence-corrected chi connectivity index (χ1v) is 13.4. The number of nitrogens with zero attached hydrogens (tertiary/aromatic N) is 2. The second kappa shape index (κ2) is 8.47. The van der Waals surface area contributed by atoms with Crippen molar-refractivity contribution < 1.29 is 35.5 Å². The molecule has 198 valence electrons. The predicted molar refractivity (Wildman–Crippen MR) is 126 cm³/mol. The smallest absolute Gasteiger partial charge is 0.371 e. The molecule has 1 unspecified atom stereocenters. The molecule has 0 radical (unpaired) electrons. The Morgan fingerprint density at radius 2 is 1.56 bits per heavy atom. The van der Waals surface area contributed by atoms with Gasteiger partial charge >= 0.3 is 12.1 Å². The highest BCUT2D eigenvalue weighted by Gasteiger charge is 2.78. The van der Waals surface area contributed by atoms with Crippen LogP contribution < -0.4 is 0 Å². The van der Waals surface area contributed by atoms with E-state index in [2.05, 4.69) is 4.90 Å². The van der Waals surface area contributed by atoms with E-state index in [1.54, 1.807) is 6.07 Å². The van der Waals surface area contributed by atoms with Crippen LogP contribution in [0.15, 0.2) is 36.4 Å². The van der Waals surface area contributed by atoms with Gasteiger partial charge in [-0.3, -0.25) is 4.90 Å². The first-order chi connectivity index (χ1) is 16.4. The molecule has 4 rings (SSSR count). The summed E-state index contributed by atoms with van der Waals surface area (Å²) in [5.41, 5.74) is -3.49. The third-order valence-corrected chi connectivity index (χ3v) is 8.32. The van der Waals surface area contributed by atoms with Crippen molar-refractivity contribution >= 4 is 10.0 Å². The van der Waals surface area contributed by atoms with Gasteiger partial charge in [-0.2, -0.15) is 26.3 Å². The fraction of sp³-hybridized carbons (Fsp3) is 0.520. The Morgan fingerprint density at radius 1 is 0.944 bits per heavy atom. The van der Waals surface area contributed by atoms with Crippen LogP contribution in [0.4, 0.5) is 22.0 Å². The van der Waals surface area contributed by atoms with Gasteiger partial charge in [0, 0.05) is 43.9 Å². The molecule has 0 aromatic heterocycles. The molecule has 2 aliphatic rings. The monoisotopic (exact) mass is 532 g/mol. The Morgan fingerprint density at radius 3 is 2.08 bits per heavy atom. The van der Waals surface area contributed by atoms with Crippen LogP contribution in [0.1, 0.15) is 43.0 Å². The van der Waals surface area contributed by atoms with Crippen LogP contribution >= 0.6 is 0 Å². The number of halogens is 5. The maximum atomic E-state index is 14.5. The zero-order chi connectivity index (χ0) is 26.9. The number of benzene rings is 2. The largest absolute Gasteiger partial charge is 0.427 e. The SMILES string of the molecule is CC(C)(C)c1cc(CN2CCN(S(C)(=O)=O)CC2)ccc1-c1ccc2c(c1)C(F)(F)C2(O)C(F)(F)F. The van der Waals surface area contributed by atoms with E-state index in [9.17, 15) is 35.5 Å². The lowest BCUT2D eigenvalue weighted by molar-refractivity contribution is -0.364. The van der Waals surface area contributed by atoms with Gasteiger partial charge in [0.25, 0.3) is 5.60 Å². The van der Waals surface area contributed by atoms with Crippen molar-refractivity contribution in [3.8, 4) is 11.1 Å². The van der Waals surface area contributed by atoms with Crippen molar-refractivity contribution in [2.75, 3.05) is 32.4 Å². The highest BCUT2D eigenvalue weighted by molar-refractivity contribution is 7.88. The molecular formula is C25H29F5N2O3S. The Bertz CT molecular complexity index is 1280. The van der Waals surface area contributed by atoms with E-state index in [1.165, 1.54) is 16.6 Å². The summed E-state index contributed by atoms with van der Waals surface area (Å²) >= 11 is 0. The lowest BCUT2D eigenvalue weighted by atomic mass is 9.68. The third-order valence-electron chi connectivity index (χ3n) is 7.02. The van der Waals surface area contributed by atoms with Crippen molar-refractivity contribution in [3.05, 3.63) is 58.7 Å². The van der Waals surface area contributed by atoms with Crippen LogP contribution in [0.3, 0.4) is 0 Å². The van der Waals surface area contributed by atoms with Gasteiger partial charge in [0.2, 0.25) is 10.0 Å². The third kappa shape index (κ3) is 4.33. The van der Waals surface area contributed by atoms with E-state index in [0.29, 0.717) is 43.9 Å². The molecule has 1 saturated heterocycles. The predicted octanol–water partition coefficient (Wildman–Crippen LogP) is 4.58. The minimum Gasteiger partial charge on any atom is -0.371 e. The molecule has 0 saturated carbocycles. The molecule has 36 heavy (non-hydrogen) atoms. The number of piperazine rings is 1. The molecule has 1 aliphatic heterocycles. The molecule has 2 aromatic carbocycles. The maximum absolute atomic E-state index is 14.5. The first kappa shape index (κ1) is 27.0. The van der Waals surface area contributed by atoms with E-state index >= 15 is 0 Å². The summed E-state index contributed by atoms with van der Waals surface area (Å²) in [6, 6.07) is 8.87. The van der Waals surface area contributed by atoms with E-state index < -0.39 is 44.3 Å². The van der Waals surface area contributed by atoms with Crippen LogP contribution in [-0.2, 0) is 33.5 Å². The summed E-state index contributed by atoms with van der Waals surface area (Å²) in [5, 5.41) is 9.81. The van der Waals surface area contributed by atoms with Gasteiger partial charge < -0.3 is 5.11 Å². The van der Waals surface area contributed by atoms with Gasteiger partial charge in [-0.05, 0) is 33.7 Å². The highest BCUT2D eigenvalue weighted by atomic mass is 32.2. The number of rotatable bonds is 4. The number of hydrogen-bond acceptors (Lipinski definition) is 4. The van der Waals surface area contributed by atoms with Crippen molar-refractivity contribution in [2.24, 2.45) is 0 Å². The number of aliphatic hydroxyl groups is 1. The molecule has 0 spiro atoms. The molecule has 2 aromatic rings. The number of alkyl halides is 5. The molecule has 1 fully saturated rings. The summed E-state index contributed by atoms with van der Waals surface area (Å²) in [7, 11) is -3.23. The van der Waals surface area contributed by atoms with Crippen molar-refractivity contribution in [1.82, 2.24) is 9.21 Å². The zero-order valence-electron chi connectivity index (χ0n) is 20.5. The van der Waals surface area contributed by atoms with Crippen molar-refractivity contribution in [3.63, 3.8) is 0 Å². The van der Waals surface area contributed by atoms with Gasteiger partial charge in [0.05, 0.1) is 6.26 Å². The molecule has 1 aliphatic carbocycles. The Hall–Kier alpha value is -2.08. The maximum Gasteiger partial charge on any atom is 0.427 e. The normalized spacial score (nSPS) is 23.3. The summed E-state index contributed by atoms with van der Waals surface area (Å²) in [6.45, 7) is 8.38. The minimum absolute atomic E-state index is 0.343. The Balaban J connectivity index is 1.64. The van der Waals surface area contributed by atoms with Crippen LogP contribution in [0.2, 0.25) is 0 Å². The highest BCUT2D eigenvalue weighted by Crippen LogP contribution is 2.64. The second-order valence-corrected chi connectivity index (χ2v) is 12.6. The quantitative estimate of drug-likeness (QED) is 0.586. The van der Waals surface area contributed by atoms with E-state index in [0.717, 1.165) is 23.3 Å². The average molecular weight is 533 g/mol. The van der Waals surface area contributed by atoms with E-state index in [1.807, 2.05) is 32.9 Å². The standard InChI is InChI=1S/C25H29F5N2O3S/c1-22(2,3)20-13-16(15-31-9-11-32(12-10-31)36(4,34)35)5-7-18(20)17-6-8-19-21(14-17)24(26,27)23(19,33)25(28,29)30/h5-8,13-14,33H,9-12,15H2,1-4H3. The molecule has 0 bridgehead atoms. The second-order valence-electron chi connectivity index (χ2n) is 10.6. The van der Waals surface area contributed by atoms with Gasteiger partial charge in [-0.25, -0.2) is 8.42 Å². The molecule has 0 amide bonds. The zero-order valence-corrected chi connectivity index (χ0v) is 21.3. The minimum atomic E-state index is -5.50. The molecule has 1 heterocycles. The molecule has 5 nitrogen and oxygen atoms in total. The molecular weight excluding hydrogens is 503 g/mol. The number of hydrogen-bond donors (Lipinski definition) is 1. The lowest BCUT2D eigenvalue weighted by Crippen LogP contribution is -2.62. The van der Waals surface area contributed by atoms with Gasteiger partial charge in [-0.1, -0.05) is 51.1 Å². The fourth-order valence-corrected chi connectivity index (χ4v) is 5.79. The Labute approximate surface area is 207 Å². The number of sulfonamides is 1. The topological polar surface area (TPSA) is 60.9 Å².